The number of urea groups is 1. The lowest BCUT2D eigenvalue weighted by Gasteiger charge is -2.28. The molecule has 0 saturated heterocycles. The Hall–Kier alpha value is -3.48. The molecule has 0 radical (unpaired) electrons. The largest absolute Gasteiger partial charge is 0.493 e. The fourth-order valence-electron chi connectivity index (χ4n) is 3.14. The van der Waals surface area contributed by atoms with Crippen molar-refractivity contribution in [2.45, 2.75) is 26.5 Å². The van der Waals surface area contributed by atoms with Gasteiger partial charge in [-0.15, -0.1) is 0 Å². The van der Waals surface area contributed by atoms with Crippen LogP contribution in [0.1, 0.15) is 31.0 Å². The molecule has 2 amide bonds. The normalized spacial score (nSPS) is 16.0. The molecule has 1 heterocycles. The first-order valence-corrected chi connectivity index (χ1v) is 9.33. The zero-order valence-electron chi connectivity index (χ0n) is 16.7. The smallest absolute Gasteiger partial charge is 0.338 e. The molecule has 2 aromatic rings. The summed E-state index contributed by atoms with van der Waals surface area (Å²) in [5.74, 6) is 0.593. The summed E-state index contributed by atoms with van der Waals surface area (Å²) in [5.41, 5.74) is 2.51. The van der Waals surface area contributed by atoms with Crippen LogP contribution in [0.3, 0.4) is 0 Å². The minimum atomic E-state index is -0.659. The second-order valence-corrected chi connectivity index (χ2v) is 6.48. The first-order valence-electron chi connectivity index (χ1n) is 9.33. The Labute approximate surface area is 169 Å². The summed E-state index contributed by atoms with van der Waals surface area (Å²) >= 11 is 0. The summed E-state index contributed by atoms with van der Waals surface area (Å²) in [6.45, 7) is 4.01. The summed E-state index contributed by atoms with van der Waals surface area (Å²) < 4.78 is 16.5. The van der Waals surface area contributed by atoms with Crippen LogP contribution in [0, 0.1) is 0 Å². The Morgan fingerprint density at radius 2 is 1.86 bits per heavy atom. The van der Waals surface area contributed by atoms with Gasteiger partial charge in [0.1, 0.15) is 6.61 Å². The molecule has 7 nitrogen and oxygen atoms in total. The van der Waals surface area contributed by atoms with Gasteiger partial charge in [0, 0.05) is 5.70 Å². The van der Waals surface area contributed by atoms with Crippen LogP contribution in [0.4, 0.5) is 4.79 Å². The molecule has 2 N–H and O–H groups in total. The van der Waals surface area contributed by atoms with E-state index in [1.165, 1.54) is 0 Å². The minimum absolute atomic E-state index is 0.240. The van der Waals surface area contributed by atoms with Crippen LogP contribution in [0.5, 0.6) is 11.5 Å². The van der Waals surface area contributed by atoms with Crippen molar-refractivity contribution < 1.29 is 23.8 Å². The van der Waals surface area contributed by atoms with Crippen LogP contribution < -0.4 is 20.1 Å². The van der Waals surface area contributed by atoms with Gasteiger partial charge in [0.05, 0.1) is 25.3 Å². The number of benzene rings is 2. The Morgan fingerprint density at radius 1 is 1.10 bits per heavy atom. The second kappa shape index (κ2) is 9.14. The summed E-state index contributed by atoms with van der Waals surface area (Å²) in [6.07, 6.45) is 0. The first-order chi connectivity index (χ1) is 14.0. The fraction of sp³-hybridized carbons (Fsp3) is 0.273. The third-order valence-corrected chi connectivity index (χ3v) is 4.52. The van der Waals surface area contributed by atoms with Gasteiger partial charge in [0.15, 0.2) is 11.5 Å². The molecule has 1 unspecified atom stereocenters. The van der Waals surface area contributed by atoms with E-state index in [1.807, 2.05) is 30.3 Å². The molecule has 152 valence electrons. The average Bonchev–Trinajstić information content (AvgIpc) is 2.72. The second-order valence-electron chi connectivity index (χ2n) is 6.48. The number of carbonyl (C=O) groups is 2. The maximum absolute atomic E-state index is 12.5. The van der Waals surface area contributed by atoms with E-state index in [1.54, 1.807) is 39.2 Å². The van der Waals surface area contributed by atoms with E-state index in [4.69, 9.17) is 14.2 Å². The van der Waals surface area contributed by atoms with Crippen LogP contribution >= 0.6 is 0 Å². The molecule has 0 aromatic heterocycles. The Bertz CT molecular complexity index is 924. The average molecular weight is 396 g/mol. The molecule has 2 aromatic carbocycles. The highest BCUT2D eigenvalue weighted by Gasteiger charge is 2.32. The van der Waals surface area contributed by atoms with E-state index >= 15 is 0 Å². The third-order valence-electron chi connectivity index (χ3n) is 4.52. The maximum Gasteiger partial charge on any atom is 0.338 e. The Kier molecular flexibility index (Phi) is 6.39. The SMILES string of the molecule is CCOC(=O)C1=C(C)NC(=O)NC1c1ccc(OC)c(OCc2ccccc2)c1. The third kappa shape index (κ3) is 4.68. The van der Waals surface area contributed by atoms with E-state index in [0.717, 1.165) is 5.56 Å². The summed E-state index contributed by atoms with van der Waals surface area (Å²) in [7, 11) is 1.56. The predicted octanol–water partition coefficient (Wildman–Crippen LogP) is 3.47. The number of methoxy groups -OCH3 is 1. The van der Waals surface area contributed by atoms with Gasteiger partial charge in [-0.05, 0) is 37.1 Å². The number of carbonyl (C=O) groups excluding carboxylic acids is 2. The fourth-order valence-corrected chi connectivity index (χ4v) is 3.14. The molecule has 29 heavy (non-hydrogen) atoms. The first kappa shape index (κ1) is 20.3. The summed E-state index contributed by atoms with van der Waals surface area (Å²) in [5, 5.41) is 5.41. The standard InChI is InChI=1S/C22H24N2O5/c1-4-28-21(25)19-14(2)23-22(26)24-20(19)16-10-11-17(27-3)18(12-16)29-13-15-8-6-5-7-9-15/h5-12,20H,4,13H2,1-3H3,(H2,23,24,26). The van der Waals surface area contributed by atoms with Gasteiger partial charge in [-0.3, -0.25) is 0 Å². The number of hydrogen-bond donors (Lipinski definition) is 2. The highest BCUT2D eigenvalue weighted by molar-refractivity contribution is 5.95. The van der Waals surface area contributed by atoms with Gasteiger partial charge >= 0.3 is 12.0 Å². The van der Waals surface area contributed by atoms with E-state index in [-0.39, 0.29) is 12.6 Å². The molecular weight excluding hydrogens is 372 g/mol. The Morgan fingerprint density at radius 3 is 2.55 bits per heavy atom. The minimum Gasteiger partial charge on any atom is -0.493 e. The van der Waals surface area contributed by atoms with Gasteiger partial charge < -0.3 is 24.8 Å². The van der Waals surface area contributed by atoms with Crippen molar-refractivity contribution in [2.24, 2.45) is 0 Å². The van der Waals surface area contributed by atoms with Gasteiger partial charge in [0.25, 0.3) is 0 Å². The van der Waals surface area contributed by atoms with Crippen molar-refractivity contribution in [3.63, 3.8) is 0 Å². The molecule has 0 spiro atoms. The van der Waals surface area contributed by atoms with Crippen LogP contribution in [-0.4, -0.2) is 25.7 Å². The lowest BCUT2D eigenvalue weighted by atomic mass is 9.95. The lowest BCUT2D eigenvalue weighted by Crippen LogP contribution is -2.45. The van der Waals surface area contributed by atoms with E-state index in [2.05, 4.69) is 10.6 Å². The lowest BCUT2D eigenvalue weighted by molar-refractivity contribution is -0.139. The quantitative estimate of drug-likeness (QED) is 0.700. The maximum atomic E-state index is 12.5. The number of esters is 1. The molecular formula is C22H24N2O5. The highest BCUT2D eigenvalue weighted by atomic mass is 16.5. The Balaban J connectivity index is 1.93. The molecule has 0 bridgehead atoms. The van der Waals surface area contributed by atoms with Crippen LogP contribution in [0.25, 0.3) is 0 Å². The van der Waals surface area contributed by atoms with E-state index in [0.29, 0.717) is 34.9 Å². The van der Waals surface area contributed by atoms with Gasteiger partial charge in [0.2, 0.25) is 0 Å². The van der Waals surface area contributed by atoms with Crippen molar-refractivity contribution in [3.8, 4) is 11.5 Å². The van der Waals surface area contributed by atoms with Crippen LogP contribution in [0.2, 0.25) is 0 Å². The molecule has 1 atom stereocenters. The number of ether oxygens (including phenoxy) is 3. The molecule has 0 saturated carbocycles. The molecule has 1 aliphatic rings. The number of amides is 2. The molecule has 3 rings (SSSR count). The number of nitrogens with one attached hydrogen (secondary N) is 2. The molecule has 0 fully saturated rings. The van der Waals surface area contributed by atoms with E-state index < -0.39 is 12.0 Å². The zero-order valence-corrected chi connectivity index (χ0v) is 16.7. The van der Waals surface area contributed by atoms with Crippen LogP contribution in [0.15, 0.2) is 59.8 Å². The summed E-state index contributed by atoms with van der Waals surface area (Å²) in [6, 6.07) is 14.0. The van der Waals surface area contributed by atoms with Crippen LogP contribution in [-0.2, 0) is 16.1 Å². The van der Waals surface area contributed by atoms with Crippen molar-refractivity contribution in [1.82, 2.24) is 10.6 Å². The molecule has 1 aliphatic heterocycles. The number of rotatable bonds is 7. The van der Waals surface area contributed by atoms with Crippen molar-refractivity contribution in [1.29, 1.82) is 0 Å². The van der Waals surface area contributed by atoms with Crippen molar-refractivity contribution in [3.05, 3.63) is 70.9 Å². The predicted molar refractivity (Wildman–Crippen MR) is 108 cm³/mol. The topological polar surface area (TPSA) is 85.9 Å². The number of allylic oxidation sites excluding steroid dienone is 1. The monoisotopic (exact) mass is 396 g/mol. The zero-order chi connectivity index (χ0) is 20.8. The number of hydrogen-bond acceptors (Lipinski definition) is 5. The van der Waals surface area contributed by atoms with Gasteiger partial charge in [-0.2, -0.15) is 0 Å². The molecule has 0 aliphatic carbocycles. The van der Waals surface area contributed by atoms with E-state index in [9.17, 15) is 9.59 Å². The molecule has 7 heteroatoms. The van der Waals surface area contributed by atoms with Gasteiger partial charge in [-0.1, -0.05) is 36.4 Å². The highest BCUT2D eigenvalue weighted by Crippen LogP contribution is 2.35. The van der Waals surface area contributed by atoms with Crippen molar-refractivity contribution in [2.75, 3.05) is 13.7 Å². The summed E-state index contributed by atoms with van der Waals surface area (Å²) in [4.78, 5) is 24.5. The van der Waals surface area contributed by atoms with Gasteiger partial charge in [-0.25, -0.2) is 9.59 Å². The van der Waals surface area contributed by atoms with Crippen molar-refractivity contribution >= 4 is 12.0 Å².